The van der Waals surface area contributed by atoms with Gasteiger partial charge < -0.3 is 4.98 Å². The fraction of sp³-hybridized carbons (Fsp3) is 0.167. The Morgan fingerprint density at radius 2 is 2.07 bits per heavy atom. The number of benzene rings is 1. The average Bonchev–Trinajstić information content (AvgIpc) is 3.22. The van der Waals surface area contributed by atoms with Crippen molar-refractivity contribution < 1.29 is 4.79 Å². The summed E-state index contributed by atoms with van der Waals surface area (Å²) < 4.78 is 1.69. The van der Waals surface area contributed by atoms with E-state index in [1.165, 1.54) is 28.7 Å². The quantitative estimate of drug-likeness (QED) is 0.522. The monoisotopic (exact) mass is 412 g/mol. The van der Waals surface area contributed by atoms with Crippen molar-refractivity contribution in [3.63, 3.8) is 0 Å². The smallest absolute Gasteiger partial charge is 0.276 e. The van der Waals surface area contributed by atoms with Crippen LogP contribution < -0.4 is 10.9 Å². The summed E-state index contributed by atoms with van der Waals surface area (Å²) in [6.07, 6.45) is 1.89. The lowest BCUT2D eigenvalue weighted by Crippen LogP contribution is -2.20. The summed E-state index contributed by atoms with van der Waals surface area (Å²) in [5.41, 5.74) is 2.74. The summed E-state index contributed by atoms with van der Waals surface area (Å²) in [4.78, 5) is 36.0. The highest BCUT2D eigenvalue weighted by molar-refractivity contribution is 7.97. The molecule has 8 nitrogen and oxygen atoms in total. The van der Waals surface area contributed by atoms with E-state index >= 15 is 0 Å². The van der Waals surface area contributed by atoms with Gasteiger partial charge in [-0.3, -0.25) is 14.9 Å². The van der Waals surface area contributed by atoms with Crippen molar-refractivity contribution in [2.45, 2.75) is 12.7 Å². The molecular weight excluding hydrogens is 396 g/mol. The van der Waals surface area contributed by atoms with Crippen molar-refractivity contribution in [1.29, 1.82) is 0 Å². The minimum absolute atomic E-state index is 0.0321. The Balaban J connectivity index is 1.61. The van der Waals surface area contributed by atoms with Crippen LogP contribution in [0.3, 0.4) is 0 Å². The van der Waals surface area contributed by atoms with Crippen LogP contribution in [0.25, 0.3) is 16.2 Å². The molecule has 0 aliphatic carbocycles. The normalized spacial score (nSPS) is 11.1. The molecule has 4 rings (SSSR count). The predicted octanol–water partition coefficient (Wildman–Crippen LogP) is 2.96. The van der Waals surface area contributed by atoms with Crippen molar-refractivity contribution >= 4 is 39.9 Å². The second kappa shape index (κ2) is 7.56. The standard InChI is InChI=1S/C18H16N6O2S2/c1-10-3-5-11(6-4-10)13-8-28-18-22-17(23-24(13)18)21-16(26)12-7-15(25)20-14(19-12)9-27-2/h3-8H,9H2,1-2H3,(H,19,20,25)(H,21,23,26). The lowest BCUT2D eigenvalue weighted by molar-refractivity contribution is 0.102. The van der Waals surface area contributed by atoms with E-state index in [-0.39, 0.29) is 17.2 Å². The highest BCUT2D eigenvalue weighted by Crippen LogP contribution is 2.26. The van der Waals surface area contributed by atoms with Crippen LogP contribution in [0.15, 0.2) is 40.5 Å². The van der Waals surface area contributed by atoms with Gasteiger partial charge in [0.25, 0.3) is 17.4 Å². The average molecular weight is 413 g/mol. The van der Waals surface area contributed by atoms with E-state index in [1.54, 1.807) is 4.52 Å². The molecule has 2 N–H and O–H groups in total. The number of fused-ring (bicyclic) bond motifs is 1. The lowest BCUT2D eigenvalue weighted by atomic mass is 10.1. The van der Waals surface area contributed by atoms with E-state index in [1.807, 2.05) is 42.8 Å². The third kappa shape index (κ3) is 3.69. The van der Waals surface area contributed by atoms with Crippen LogP contribution in [-0.2, 0) is 5.75 Å². The van der Waals surface area contributed by atoms with Gasteiger partial charge in [0.15, 0.2) is 0 Å². The Bertz CT molecular complexity index is 1210. The molecule has 1 aromatic carbocycles. The van der Waals surface area contributed by atoms with Gasteiger partial charge >= 0.3 is 0 Å². The van der Waals surface area contributed by atoms with Crippen LogP contribution in [0.5, 0.6) is 0 Å². The topological polar surface area (TPSA) is 105 Å². The maximum Gasteiger partial charge on any atom is 0.276 e. The van der Waals surface area contributed by atoms with Crippen molar-refractivity contribution in [2.75, 3.05) is 11.6 Å². The second-order valence-electron chi connectivity index (χ2n) is 6.08. The van der Waals surface area contributed by atoms with Crippen LogP contribution in [0.2, 0.25) is 0 Å². The first-order chi connectivity index (χ1) is 13.5. The third-order valence-corrected chi connectivity index (χ3v) is 5.34. The number of aryl methyl sites for hydroxylation is 1. The first-order valence-electron chi connectivity index (χ1n) is 8.35. The Morgan fingerprint density at radius 3 is 2.82 bits per heavy atom. The van der Waals surface area contributed by atoms with Crippen LogP contribution in [0.1, 0.15) is 21.9 Å². The predicted molar refractivity (Wildman–Crippen MR) is 111 cm³/mol. The van der Waals surface area contributed by atoms with Crippen LogP contribution in [0.4, 0.5) is 5.95 Å². The molecule has 3 heterocycles. The first-order valence-corrected chi connectivity index (χ1v) is 10.6. The number of aromatic amines is 1. The Kier molecular flexibility index (Phi) is 4.97. The zero-order valence-corrected chi connectivity index (χ0v) is 16.7. The molecule has 0 fully saturated rings. The largest absolute Gasteiger partial charge is 0.310 e. The molecule has 0 saturated heterocycles. The van der Waals surface area contributed by atoms with E-state index in [9.17, 15) is 9.59 Å². The summed E-state index contributed by atoms with van der Waals surface area (Å²) >= 11 is 2.93. The molecule has 10 heteroatoms. The summed E-state index contributed by atoms with van der Waals surface area (Å²) in [6.45, 7) is 2.03. The number of amides is 1. The SMILES string of the molecule is CSCc1nc(C(=O)Nc2nc3scc(-c4ccc(C)cc4)n3n2)cc(=O)[nH]1. The summed E-state index contributed by atoms with van der Waals surface area (Å²) in [5.74, 6) is 0.599. The molecule has 0 radical (unpaired) electrons. The number of carbonyl (C=O) groups is 1. The van der Waals surface area contributed by atoms with Gasteiger partial charge in [0.05, 0.1) is 11.4 Å². The molecule has 0 atom stereocenters. The molecular formula is C18H16N6O2S2. The van der Waals surface area contributed by atoms with Crippen molar-refractivity contribution in [3.8, 4) is 11.3 Å². The second-order valence-corrected chi connectivity index (χ2v) is 7.78. The number of thioether (sulfide) groups is 1. The van der Waals surface area contributed by atoms with Crippen LogP contribution in [-0.4, -0.2) is 36.7 Å². The molecule has 3 aromatic heterocycles. The van der Waals surface area contributed by atoms with Crippen LogP contribution in [0, 0.1) is 6.92 Å². The van der Waals surface area contributed by atoms with E-state index in [2.05, 4.69) is 25.4 Å². The van der Waals surface area contributed by atoms with Crippen molar-refractivity contribution in [2.24, 2.45) is 0 Å². The summed E-state index contributed by atoms with van der Waals surface area (Å²) in [7, 11) is 0. The number of thiazole rings is 1. The van der Waals surface area contributed by atoms with Crippen LogP contribution >= 0.6 is 23.1 Å². The molecule has 0 spiro atoms. The number of aromatic nitrogens is 5. The fourth-order valence-corrected chi connectivity index (χ4v) is 3.89. The molecule has 1 amide bonds. The summed E-state index contributed by atoms with van der Waals surface area (Å²) in [6, 6.07) is 9.26. The number of hydrogen-bond acceptors (Lipinski definition) is 7. The zero-order valence-electron chi connectivity index (χ0n) is 15.1. The summed E-state index contributed by atoms with van der Waals surface area (Å²) in [5, 5.41) is 8.98. The van der Waals surface area contributed by atoms with Crippen molar-refractivity contribution in [3.05, 3.63) is 63.1 Å². The molecule has 28 heavy (non-hydrogen) atoms. The Morgan fingerprint density at radius 1 is 1.29 bits per heavy atom. The molecule has 0 bridgehead atoms. The van der Waals surface area contributed by atoms with Gasteiger partial charge in [-0.05, 0) is 13.2 Å². The van der Waals surface area contributed by atoms with Gasteiger partial charge in [-0.15, -0.1) is 16.4 Å². The molecule has 0 saturated carbocycles. The lowest BCUT2D eigenvalue weighted by Gasteiger charge is -2.03. The number of nitrogens with one attached hydrogen (secondary N) is 2. The van der Waals surface area contributed by atoms with Crippen molar-refractivity contribution in [1.82, 2.24) is 24.6 Å². The number of H-pyrrole nitrogens is 1. The molecule has 4 aromatic rings. The highest BCUT2D eigenvalue weighted by atomic mass is 32.2. The number of anilines is 1. The molecule has 0 unspecified atom stereocenters. The molecule has 0 aliphatic rings. The number of rotatable bonds is 5. The van der Waals surface area contributed by atoms with E-state index in [4.69, 9.17) is 0 Å². The number of nitrogens with zero attached hydrogens (tertiary/aromatic N) is 4. The third-order valence-electron chi connectivity index (χ3n) is 3.96. The van der Waals surface area contributed by atoms with Gasteiger partial charge in [0.1, 0.15) is 11.5 Å². The minimum atomic E-state index is -0.524. The number of carbonyl (C=O) groups excluding carboxylic acids is 1. The van der Waals surface area contributed by atoms with Gasteiger partial charge in [0.2, 0.25) is 4.96 Å². The van der Waals surface area contributed by atoms with Gasteiger partial charge in [-0.25, -0.2) is 9.50 Å². The fourth-order valence-electron chi connectivity index (χ4n) is 2.65. The first kappa shape index (κ1) is 18.4. The number of hydrogen-bond donors (Lipinski definition) is 2. The van der Waals surface area contributed by atoms with E-state index in [0.717, 1.165) is 17.3 Å². The Hall–Kier alpha value is -2.98. The maximum atomic E-state index is 12.5. The zero-order chi connectivity index (χ0) is 19.7. The highest BCUT2D eigenvalue weighted by Gasteiger charge is 2.16. The minimum Gasteiger partial charge on any atom is -0.310 e. The van der Waals surface area contributed by atoms with E-state index in [0.29, 0.717) is 16.5 Å². The maximum absolute atomic E-state index is 12.5. The molecule has 0 aliphatic heterocycles. The van der Waals surface area contributed by atoms with Gasteiger partial charge in [-0.1, -0.05) is 29.8 Å². The van der Waals surface area contributed by atoms with Gasteiger partial charge in [-0.2, -0.15) is 16.7 Å². The van der Waals surface area contributed by atoms with E-state index < -0.39 is 5.91 Å². The van der Waals surface area contributed by atoms with Gasteiger partial charge in [0, 0.05) is 17.0 Å². The molecule has 142 valence electrons. The Labute approximate surface area is 168 Å².